The molecule has 0 aromatic heterocycles. The van der Waals surface area contributed by atoms with Crippen molar-refractivity contribution in [3.05, 3.63) is 23.8 Å². The zero-order valence-corrected chi connectivity index (χ0v) is 10.5. The summed E-state index contributed by atoms with van der Waals surface area (Å²) in [7, 11) is 0. The van der Waals surface area contributed by atoms with E-state index < -0.39 is 0 Å². The Kier molecular flexibility index (Phi) is 2.79. The van der Waals surface area contributed by atoms with Gasteiger partial charge in [0.2, 0.25) is 0 Å². The molecule has 0 heteroatoms. The van der Waals surface area contributed by atoms with Crippen molar-refractivity contribution in [1.82, 2.24) is 0 Å². The first-order valence-corrected chi connectivity index (χ1v) is 6.35. The molecule has 0 heterocycles. The summed E-state index contributed by atoms with van der Waals surface area (Å²) in [5.41, 5.74) is 3.58. The van der Waals surface area contributed by atoms with Crippen LogP contribution >= 0.6 is 0 Å². The van der Waals surface area contributed by atoms with Crippen LogP contribution < -0.4 is 0 Å². The van der Waals surface area contributed by atoms with Crippen LogP contribution in [-0.4, -0.2) is 0 Å². The van der Waals surface area contributed by atoms with Gasteiger partial charge in [-0.05, 0) is 63.2 Å². The molecule has 0 unspecified atom stereocenters. The van der Waals surface area contributed by atoms with Crippen LogP contribution in [0.2, 0.25) is 0 Å². The van der Waals surface area contributed by atoms with E-state index >= 15 is 0 Å². The molecule has 1 fully saturated rings. The lowest BCUT2D eigenvalue weighted by molar-refractivity contribution is 0.00363. The molecule has 0 amide bonds. The van der Waals surface area contributed by atoms with E-state index in [-0.39, 0.29) is 0 Å². The minimum Gasteiger partial charge on any atom is -0.0998 e. The fourth-order valence-corrected chi connectivity index (χ4v) is 3.61. The highest BCUT2D eigenvalue weighted by Crippen LogP contribution is 2.57. The monoisotopic (exact) mass is 204 g/mol. The molecule has 0 nitrogen and oxygen atoms in total. The quantitative estimate of drug-likeness (QED) is 0.571. The van der Waals surface area contributed by atoms with E-state index in [1.165, 1.54) is 37.7 Å². The highest BCUT2D eigenvalue weighted by atomic mass is 14.5. The molecule has 0 aliphatic heterocycles. The summed E-state index contributed by atoms with van der Waals surface area (Å²) in [5.74, 6) is 1.71. The van der Waals surface area contributed by atoms with Gasteiger partial charge in [-0.25, -0.2) is 0 Å². The van der Waals surface area contributed by atoms with Crippen LogP contribution in [-0.2, 0) is 0 Å². The molecule has 0 spiro atoms. The van der Waals surface area contributed by atoms with E-state index in [9.17, 15) is 0 Å². The molecule has 0 N–H and O–H groups in total. The smallest absolute Gasteiger partial charge is 0.0152 e. The summed E-state index contributed by atoms with van der Waals surface area (Å²) in [6.07, 6.45) is 9.30. The standard InChI is InChI=1S/C15H24/c1-11(2)14-9-10-15(14,4)13-7-5-12(3)6-8-13/h5,13-14H,1,6-10H2,2-4H3/t13-,14+,15-/m1/s1. The zero-order chi connectivity index (χ0) is 11.1. The van der Waals surface area contributed by atoms with Crippen molar-refractivity contribution in [2.24, 2.45) is 17.3 Å². The van der Waals surface area contributed by atoms with Gasteiger partial charge in [0, 0.05) is 0 Å². The Morgan fingerprint density at radius 2 is 2.20 bits per heavy atom. The number of hydrogen-bond acceptors (Lipinski definition) is 0. The predicted octanol–water partition coefficient (Wildman–Crippen LogP) is 4.73. The molecule has 15 heavy (non-hydrogen) atoms. The summed E-state index contributed by atoms with van der Waals surface area (Å²) in [6.45, 7) is 11.1. The number of rotatable bonds is 2. The van der Waals surface area contributed by atoms with Gasteiger partial charge in [0.05, 0.1) is 0 Å². The van der Waals surface area contributed by atoms with Crippen molar-refractivity contribution in [2.45, 2.75) is 52.9 Å². The van der Waals surface area contributed by atoms with Crippen molar-refractivity contribution in [3.63, 3.8) is 0 Å². The van der Waals surface area contributed by atoms with Crippen molar-refractivity contribution in [3.8, 4) is 0 Å². The predicted molar refractivity (Wildman–Crippen MR) is 66.7 cm³/mol. The van der Waals surface area contributed by atoms with Gasteiger partial charge in [0.15, 0.2) is 0 Å². The third-order valence-corrected chi connectivity index (χ3v) is 4.93. The molecular formula is C15H24. The lowest BCUT2D eigenvalue weighted by Crippen LogP contribution is -2.44. The van der Waals surface area contributed by atoms with E-state index in [0.717, 1.165) is 11.8 Å². The lowest BCUT2D eigenvalue weighted by atomic mass is 9.51. The molecule has 2 aliphatic rings. The van der Waals surface area contributed by atoms with Crippen molar-refractivity contribution < 1.29 is 0 Å². The molecule has 1 saturated carbocycles. The second-order valence-electron chi connectivity index (χ2n) is 5.97. The van der Waals surface area contributed by atoms with Crippen LogP contribution in [0.5, 0.6) is 0 Å². The Morgan fingerprint density at radius 1 is 1.47 bits per heavy atom. The Labute approximate surface area is 94.5 Å². The summed E-state index contributed by atoms with van der Waals surface area (Å²) >= 11 is 0. The summed E-state index contributed by atoms with van der Waals surface area (Å²) in [5, 5.41) is 0. The average Bonchev–Trinajstić information content (AvgIpc) is 2.15. The fraction of sp³-hybridized carbons (Fsp3) is 0.733. The van der Waals surface area contributed by atoms with E-state index in [1.54, 1.807) is 5.57 Å². The molecule has 0 saturated heterocycles. The molecule has 3 atom stereocenters. The third-order valence-electron chi connectivity index (χ3n) is 4.93. The first-order chi connectivity index (χ1) is 7.04. The summed E-state index contributed by atoms with van der Waals surface area (Å²) in [6, 6.07) is 0. The Morgan fingerprint density at radius 3 is 2.60 bits per heavy atom. The lowest BCUT2D eigenvalue weighted by Gasteiger charge is -2.53. The Bertz CT molecular complexity index is 297. The van der Waals surface area contributed by atoms with E-state index in [4.69, 9.17) is 0 Å². The fourth-order valence-electron chi connectivity index (χ4n) is 3.61. The van der Waals surface area contributed by atoms with Crippen LogP contribution in [0.25, 0.3) is 0 Å². The average molecular weight is 204 g/mol. The van der Waals surface area contributed by atoms with Crippen LogP contribution in [0, 0.1) is 17.3 Å². The SMILES string of the molecule is C=C(C)[C@@H]1CC[C@]1(C)[C@@H]1CC=C(C)CC1. The Hall–Kier alpha value is -0.520. The van der Waals surface area contributed by atoms with Crippen LogP contribution in [0.3, 0.4) is 0 Å². The van der Waals surface area contributed by atoms with Gasteiger partial charge < -0.3 is 0 Å². The molecular weight excluding hydrogens is 180 g/mol. The van der Waals surface area contributed by atoms with Gasteiger partial charge in [0.1, 0.15) is 0 Å². The second kappa shape index (κ2) is 3.81. The normalized spacial score (nSPS) is 40.6. The van der Waals surface area contributed by atoms with Crippen LogP contribution in [0.15, 0.2) is 23.8 Å². The maximum Gasteiger partial charge on any atom is -0.0152 e. The van der Waals surface area contributed by atoms with Crippen LogP contribution in [0.4, 0.5) is 0 Å². The first kappa shape index (κ1) is 11.0. The third kappa shape index (κ3) is 1.79. The molecule has 2 aliphatic carbocycles. The number of allylic oxidation sites excluding steroid dienone is 3. The van der Waals surface area contributed by atoms with Crippen molar-refractivity contribution >= 4 is 0 Å². The van der Waals surface area contributed by atoms with Gasteiger partial charge in [-0.2, -0.15) is 0 Å². The van der Waals surface area contributed by atoms with Crippen molar-refractivity contribution in [2.75, 3.05) is 0 Å². The minimum atomic E-state index is 0.572. The highest BCUT2D eigenvalue weighted by molar-refractivity contribution is 5.14. The molecule has 0 bridgehead atoms. The van der Waals surface area contributed by atoms with Gasteiger partial charge in [-0.1, -0.05) is 30.7 Å². The topological polar surface area (TPSA) is 0 Å². The van der Waals surface area contributed by atoms with E-state index in [1.807, 2.05) is 0 Å². The maximum atomic E-state index is 4.17. The molecule has 0 aromatic rings. The highest BCUT2D eigenvalue weighted by Gasteiger charge is 2.47. The first-order valence-electron chi connectivity index (χ1n) is 6.35. The van der Waals surface area contributed by atoms with Gasteiger partial charge >= 0.3 is 0 Å². The Balaban J connectivity index is 2.07. The van der Waals surface area contributed by atoms with Crippen LogP contribution in [0.1, 0.15) is 52.9 Å². The maximum absolute atomic E-state index is 4.17. The summed E-state index contributed by atoms with van der Waals surface area (Å²) < 4.78 is 0. The number of hydrogen-bond donors (Lipinski definition) is 0. The van der Waals surface area contributed by atoms with Gasteiger partial charge in [-0.3, -0.25) is 0 Å². The van der Waals surface area contributed by atoms with Crippen molar-refractivity contribution in [1.29, 1.82) is 0 Å². The zero-order valence-electron chi connectivity index (χ0n) is 10.5. The van der Waals surface area contributed by atoms with Gasteiger partial charge in [-0.15, -0.1) is 0 Å². The summed E-state index contributed by atoms with van der Waals surface area (Å²) in [4.78, 5) is 0. The molecule has 2 rings (SSSR count). The van der Waals surface area contributed by atoms with Gasteiger partial charge in [0.25, 0.3) is 0 Å². The van der Waals surface area contributed by atoms with E-state index in [0.29, 0.717) is 5.41 Å². The molecule has 84 valence electrons. The minimum absolute atomic E-state index is 0.572. The molecule has 0 aromatic carbocycles. The second-order valence-corrected chi connectivity index (χ2v) is 5.97. The molecule has 0 radical (unpaired) electrons. The largest absolute Gasteiger partial charge is 0.0998 e. The van der Waals surface area contributed by atoms with E-state index in [2.05, 4.69) is 33.4 Å².